The molecule has 0 saturated heterocycles. The van der Waals surface area contributed by atoms with E-state index in [1.165, 1.54) is 0 Å². The van der Waals surface area contributed by atoms with Crippen molar-refractivity contribution in [2.24, 2.45) is 0 Å². The molecule has 4 rings (SSSR count). The van der Waals surface area contributed by atoms with Crippen LogP contribution < -0.4 is 10.6 Å². The molecule has 0 fully saturated rings. The smallest absolute Gasteiger partial charge is 0.408 e. The summed E-state index contributed by atoms with van der Waals surface area (Å²) in [5.74, 6) is -1.54. The maximum Gasteiger partial charge on any atom is 0.408 e. The first-order valence-corrected chi connectivity index (χ1v) is 11.6. The number of alkyl carbamates (subject to hydrolysis) is 1. The molecule has 1 aliphatic carbocycles. The Hall–Kier alpha value is -4.13. The molecule has 7 heteroatoms. The van der Waals surface area contributed by atoms with Gasteiger partial charge in [-0.05, 0) is 47.2 Å². The van der Waals surface area contributed by atoms with Crippen LogP contribution in [0.25, 0.3) is 11.1 Å². The number of amides is 2. The zero-order chi connectivity index (χ0) is 25.0. The Labute approximate surface area is 204 Å². The third kappa shape index (κ3) is 5.04. The van der Waals surface area contributed by atoms with E-state index in [9.17, 15) is 14.4 Å². The van der Waals surface area contributed by atoms with E-state index in [1.54, 1.807) is 38.1 Å². The van der Waals surface area contributed by atoms with Gasteiger partial charge in [-0.3, -0.25) is 9.59 Å². The molecular weight excluding hydrogens is 444 g/mol. The Kier molecular flexibility index (Phi) is 6.87. The van der Waals surface area contributed by atoms with Gasteiger partial charge in [0.1, 0.15) is 12.1 Å². The van der Waals surface area contributed by atoms with Crippen LogP contribution in [0.15, 0.2) is 72.8 Å². The molecule has 0 spiro atoms. The summed E-state index contributed by atoms with van der Waals surface area (Å²) < 4.78 is 5.61. The van der Waals surface area contributed by atoms with Crippen molar-refractivity contribution in [3.05, 3.63) is 89.5 Å². The van der Waals surface area contributed by atoms with E-state index in [4.69, 9.17) is 9.84 Å². The number of carbonyl (C=O) groups is 3. The van der Waals surface area contributed by atoms with Crippen LogP contribution in [0.3, 0.4) is 0 Å². The highest BCUT2D eigenvalue weighted by molar-refractivity contribution is 6.00. The number of benzene rings is 3. The van der Waals surface area contributed by atoms with Gasteiger partial charge in [-0.15, -0.1) is 0 Å². The first kappa shape index (κ1) is 24.0. The summed E-state index contributed by atoms with van der Waals surface area (Å²) in [4.78, 5) is 37.0. The van der Waals surface area contributed by atoms with Crippen molar-refractivity contribution in [1.29, 1.82) is 0 Å². The van der Waals surface area contributed by atoms with Crippen LogP contribution in [0.4, 0.5) is 10.5 Å². The van der Waals surface area contributed by atoms with Crippen LogP contribution in [-0.2, 0) is 20.7 Å². The standard InChI is InChI=1S/C28H28N2O5/c1-3-28(2,26(33)29-24-15-9-4-10-18(24)16-25(31)32)30-27(34)35-17-23-21-13-7-5-11-19(21)20-12-6-8-14-22(20)23/h4-15,23H,3,16-17H2,1-2H3,(H,29,33)(H,30,34)(H,31,32). The highest BCUT2D eigenvalue weighted by atomic mass is 16.5. The Morgan fingerprint density at radius 3 is 2.09 bits per heavy atom. The number of aliphatic carboxylic acids is 1. The highest BCUT2D eigenvalue weighted by Gasteiger charge is 2.35. The second-order valence-electron chi connectivity index (χ2n) is 8.82. The number of hydrogen-bond donors (Lipinski definition) is 3. The number of anilines is 1. The number of carbonyl (C=O) groups excluding carboxylic acids is 2. The normalized spacial score (nSPS) is 13.8. The molecule has 2 amide bonds. The summed E-state index contributed by atoms with van der Waals surface area (Å²) in [6.45, 7) is 3.54. The lowest BCUT2D eigenvalue weighted by Crippen LogP contribution is -2.54. The van der Waals surface area contributed by atoms with Crippen LogP contribution in [0, 0.1) is 0 Å². The van der Waals surface area contributed by atoms with Crippen molar-refractivity contribution in [1.82, 2.24) is 5.32 Å². The number of rotatable bonds is 8. The summed E-state index contributed by atoms with van der Waals surface area (Å²) in [7, 11) is 0. The van der Waals surface area contributed by atoms with Crippen LogP contribution in [0.5, 0.6) is 0 Å². The van der Waals surface area contributed by atoms with Gasteiger partial charge in [0.15, 0.2) is 0 Å². The van der Waals surface area contributed by atoms with Crippen molar-refractivity contribution in [3.63, 3.8) is 0 Å². The van der Waals surface area contributed by atoms with Crippen molar-refractivity contribution in [2.45, 2.75) is 38.1 Å². The number of fused-ring (bicyclic) bond motifs is 3. The number of carboxylic acids is 1. The van der Waals surface area contributed by atoms with E-state index in [-0.39, 0.29) is 18.9 Å². The van der Waals surface area contributed by atoms with Crippen LogP contribution >= 0.6 is 0 Å². The third-order valence-corrected chi connectivity index (χ3v) is 6.54. The third-order valence-electron chi connectivity index (χ3n) is 6.54. The van der Waals surface area contributed by atoms with E-state index in [1.807, 2.05) is 36.4 Å². The lowest BCUT2D eigenvalue weighted by molar-refractivity contribution is -0.136. The fourth-order valence-corrected chi connectivity index (χ4v) is 4.39. The summed E-state index contributed by atoms with van der Waals surface area (Å²) in [6, 6.07) is 22.8. The molecule has 0 aliphatic heterocycles. The lowest BCUT2D eigenvalue weighted by Gasteiger charge is -2.28. The topological polar surface area (TPSA) is 105 Å². The van der Waals surface area contributed by atoms with Gasteiger partial charge in [0.25, 0.3) is 0 Å². The average Bonchev–Trinajstić information content (AvgIpc) is 3.17. The molecule has 3 aromatic rings. The highest BCUT2D eigenvalue weighted by Crippen LogP contribution is 2.44. The zero-order valence-corrected chi connectivity index (χ0v) is 19.7. The molecule has 0 bridgehead atoms. The molecule has 0 radical (unpaired) electrons. The summed E-state index contributed by atoms with van der Waals surface area (Å²) in [6.07, 6.45) is -0.603. The fourth-order valence-electron chi connectivity index (χ4n) is 4.39. The van der Waals surface area contributed by atoms with Gasteiger partial charge in [0.05, 0.1) is 6.42 Å². The van der Waals surface area contributed by atoms with Gasteiger partial charge in [0.2, 0.25) is 5.91 Å². The zero-order valence-electron chi connectivity index (χ0n) is 19.7. The first-order valence-electron chi connectivity index (χ1n) is 11.6. The lowest BCUT2D eigenvalue weighted by atomic mass is 9.97. The van der Waals surface area contributed by atoms with Crippen molar-refractivity contribution in [3.8, 4) is 11.1 Å². The molecule has 35 heavy (non-hydrogen) atoms. The quantitative estimate of drug-likeness (QED) is 0.430. The molecule has 3 N–H and O–H groups in total. The Bertz CT molecular complexity index is 1230. The van der Waals surface area contributed by atoms with E-state index >= 15 is 0 Å². The summed E-state index contributed by atoms with van der Waals surface area (Å²) in [5.41, 5.74) is 4.10. The van der Waals surface area contributed by atoms with Gasteiger partial charge < -0.3 is 20.5 Å². The SMILES string of the molecule is CCC(C)(NC(=O)OCC1c2ccccc2-c2ccccc21)C(=O)Nc1ccccc1CC(=O)O. The number of hydrogen-bond acceptors (Lipinski definition) is 4. The minimum atomic E-state index is -1.25. The van der Waals surface area contributed by atoms with Crippen LogP contribution in [0.2, 0.25) is 0 Å². The molecule has 0 heterocycles. The first-order chi connectivity index (χ1) is 16.8. The molecular formula is C28H28N2O5. The summed E-state index contributed by atoms with van der Waals surface area (Å²) >= 11 is 0. The Balaban J connectivity index is 1.44. The molecule has 180 valence electrons. The molecule has 1 aliphatic rings. The van der Waals surface area contributed by atoms with E-state index in [0.717, 1.165) is 22.3 Å². The molecule has 1 atom stereocenters. The van der Waals surface area contributed by atoms with Crippen LogP contribution in [-0.4, -0.2) is 35.2 Å². The molecule has 0 aromatic heterocycles. The summed E-state index contributed by atoms with van der Waals surface area (Å²) in [5, 5.41) is 14.6. The molecule has 7 nitrogen and oxygen atoms in total. The average molecular weight is 473 g/mol. The van der Waals surface area contributed by atoms with Crippen molar-refractivity contribution < 1.29 is 24.2 Å². The van der Waals surface area contributed by atoms with Crippen molar-refractivity contribution >= 4 is 23.7 Å². The minimum Gasteiger partial charge on any atom is -0.481 e. The van der Waals surface area contributed by atoms with Gasteiger partial charge in [0, 0.05) is 11.6 Å². The second-order valence-corrected chi connectivity index (χ2v) is 8.82. The maximum atomic E-state index is 13.1. The number of nitrogens with one attached hydrogen (secondary N) is 2. The van der Waals surface area contributed by atoms with E-state index < -0.39 is 23.5 Å². The van der Waals surface area contributed by atoms with Gasteiger partial charge in [-0.2, -0.15) is 0 Å². The molecule has 1 unspecified atom stereocenters. The van der Waals surface area contributed by atoms with Crippen molar-refractivity contribution in [2.75, 3.05) is 11.9 Å². The second kappa shape index (κ2) is 10.0. The largest absolute Gasteiger partial charge is 0.481 e. The van der Waals surface area contributed by atoms with Gasteiger partial charge in [-0.25, -0.2) is 4.79 Å². The Morgan fingerprint density at radius 1 is 0.914 bits per heavy atom. The minimum absolute atomic E-state index is 0.0854. The number of carboxylic acid groups (broad SMARTS) is 1. The predicted octanol–water partition coefficient (Wildman–Crippen LogP) is 4.96. The maximum absolute atomic E-state index is 13.1. The van der Waals surface area contributed by atoms with Crippen LogP contribution in [0.1, 0.15) is 42.9 Å². The van der Waals surface area contributed by atoms with Gasteiger partial charge in [-0.1, -0.05) is 73.7 Å². The van der Waals surface area contributed by atoms with Gasteiger partial charge >= 0.3 is 12.1 Å². The predicted molar refractivity (Wildman–Crippen MR) is 133 cm³/mol. The number of para-hydroxylation sites is 1. The molecule has 0 saturated carbocycles. The fraction of sp³-hybridized carbons (Fsp3) is 0.250. The number of ether oxygens (including phenoxy) is 1. The van der Waals surface area contributed by atoms with E-state index in [2.05, 4.69) is 22.8 Å². The van der Waals surface area contributed by atoms with E-state index in [0.29, 0.717) is 17.7 Å². The Morgan fingerprint density at radius 2 is 1.49 bits per heavy atom. The molecule has 3 aromatic carbocycles. The monoisotopic (exact) mass is 472 g/mol.